The average Bonchev–Trinajstić information content (AvgIpc) is 3.08. The Bertz CT molecular complexity index is 645. The van der Waals surface area contributed by atoms with E-state index in [1.165, 1.54) is 0 Å². The summed E-state index contributed by atoms with van der Waals surface area (Å²) < 4.78 is 0. The number of carboxylic acid groups (broad SMARTS) is 2. The van der Waals surface area contributed by atoms with Gasteiger partial charge >= 0.3 is 11.9 Å². The molecule has 0 aliphatic heterocycles. The minimum Gasteiger partial charge on any atom is -0.481 e. The highest BCUT2D eigenvalue weighted by Crippen LogP contribution is 2.30. The number of benzene rings is 1. The molecular weight excluding hydrogens is 312 g/mol. The molecule has 2 atom stereocenters. The third-order valence-electron chi connectivity index (χ3n) is 3.97. The molecule has 0 amide bonds. The van der Waals surface area contributed by atoms with Crippen molar-refractivity contribution < 1.29 is 19.8 Å². The van der Waals surface area contributed by atoms with Crippen LogP contribution in [0.1, 0.15) is 43.0 Å². The number of unbranched alkanes of at least 4 members (excludes halogenated alkanes) is 1. The fourth-order valence-corrected chi connectivity index (χ4v) is 2.76. The maximum atomic E-state index is 11.8. The second-order valence-electron chi connectivity index (χ2n) is 5.67. The van der Waals surface area contributed by atoms with E-state index >= 15 is 0 Å². The molecule has 1 aromatic heterocycles. The largest absolute Gasteiger partial charge is 0.481 e. The quantitative estimate of drug-likeness (QED) is 0.566. The van der Waals surface area contributed by atoms with E-state index in [2.05, 4.69) is 20.6 Å². The van der Waals surface area contributed by atoms with Crippen LogP contribution in [0.15, 0.2) is 30.3 Å². The molecule has 2 aromatic rings. The SMILES string of the molecule is O=C(O)CCCCC(C(=O)O)[C@H](Cc1ccccc1)c1nnn[nH]1. The Morgan fingerprint density at radius 2 is 1.88 bits per heavy atom. The van der Waals surface area contributed by atoms with Crippen LogP contribution in [-0.2, 0) is 16.0 Å². The van der Waals surface area contributed by atoms with Crippen LogP contribution in [0.25, 0.3) is 0 Å². The van der Waals surface area contributed by atoms with Crippen LogP contribution in [0.3, 0.4) is 0 Å². The molecule has 2 rings (SSSR count). The van der Waals surface area contributed by atoms with Crippen molar-refractivity contribution in [2.45, 2.75) is 38.0 Å². The molecule has 1 heterocycles. The highest BCUT2D eigenvalue weighted by atomic mass is 16.4. The number of hydrogen-bond acceptors (Lipinski definition) is 5. The summed E-state index contributed by atoms with van der Waals surface area (Å²) in [4.78, 5) is 22.3. The van der Waals surface area contributed by atoms with Gasteiger partial charge in [0.2, 0.25) is 0 Å². The summed E-state index contributed by atoms with van der Waals surface area (Å²) in [5, 5.41) is 32.0. The first-order valence-electron chi connectivity index (χ1n) is 7.80. The van der Waals surface area contributed by atoms with Gasteiger partial charge in [0.1, 0.15) is 0 Å². The molecular formula is C16H20N4O4. The first-order chi connectivity index (χ1) is 11.6. The molecule has 3 N–H and O–H groups in total. The van der Waals surface area contributed by atoms with Gasteiger partial charge in [0.25, 0.3) is 0 Å². The zero-order valence-electron chi connectivity index (χ0n) is 13.1. The molecule has 1 unspecified atom stereocenters. The molecule has 0 aliphatic rings. The summed E-state index contributed by atoms with van der Waals surface area (Å²) in [6.07, 6.45) is 1.88. The lowest BCUT2D eigenvalue weighted by molar-refractivity contribution is -0.143. The number of H-pyrrole nitrogens is 1. The third kappa shape index (κ3) is 5.15. The summed E-state index contributed by atoms with van der Waals surface area (Å²) in [7, 11) is 0. The Kier molecular flexibility index (Phi) is 6.41. The van der Waals surface area contributed by atoms with Gasteiger partial charge in [0.15, 0.2) is 5.82 Å². The highest BCUT2D eigenvalue weighted by Gasteiger charge is 2.31. The number of carbonyl (C=O) groups is 2. The monoisotopic (exact) mass is 332 g/mol. The summed E-state index contributed by atoms with van der Waals surface area (Å²) >= 11 is 0. The van der Waals surface area contributed by atoms with Crippen LogP contribution in [0.4, 0.5) is 0 Å². The molecule has 0 radical (unpaired) electrons. The van der Waals surface area contributed by atoms with Gasteiger partial charge in [-0.05, 0) is 35.3 Å². The maximum absolute atomic E-state index is 11.8. The lowest BCUT2D eigenvalue weighted by Crippen LogP contribution is -2.25. The van der Waals surface area contributed by atoms with E-state index in [1.54, 1.807) is 0 Å². The minimum atomic E-state index is -0.928. The summed E-state index contributed by atoms with van der Waals surface area (Å²) in [5.41, 5.74) is 0.996. The topological polar surface area (TPSA) is 129 Å². The summed E-state index contributed by atoms with van der Waals surface area (Å²) in [5.74, 6) is -2.45. The van der Waals surface area contributed by atoms with Gasteiger partial charge in [-0.15, -0.1) is 5.10 Å². The summed E-state index contributed by atoms with van der Waals surface area (Å²) in [6.45, 7) is 0. The Labute approximate surface area is 138 Å². The zero-order chi connectivity index (χ0) is 17.4. The van der Waals surface area contributed by atoms with Gasteiger partial charge in [-0.25, -0.2) is 5.10 Å². The van der Waals surface area contributed by atoms with Gasteiger partial charge in [0, 0.05) is 12.3 Å². The first kappa shape index (κ1) is 17.6. The highest BCUT2D eigenvalue weighted by molar-refractivity contribution is 5.71. The van der Waals surface area contributed by atoms with Gasteiger partial charge in [-0.1, -0.05) is 36.8 Å². The standard InChI is InChI=1S/C16H20N4O4/c21-14(22)9-5-4-8-12(16(23)24)13(15-17-19-20-18-15)10-11-6-2-1-3-7-11/h1-3,6-7,12-13H,4-5,8-10H2,(H,21,22)(H,23,24)(H,17,18,19,20)/t12?,13-/m0/s1. The van der Waals surface area contributed by atoms with Crippen LogP contribution in [0.5, 0.6) is 0 Å². The van der Waals surface area contributed by atoms with E-state index in [9.17, 15) is 14.7 Å². The van der Waals surface area contributed by atoms with Crippen LogP contribution in [0.2, 0.25) is 0 Å². The Balaban J connectivity index is 2.12. The van der Waals surface area contributed by atoms with Crippen molar-refractivity contribution in [2.75, 3.05) is 0 Å². The molecule has 0 saturated carbocycles. The number of rotatable bonds is 10. The summed E-state index contributed by atoms with van der Waals surface area (Å²) in [6, 6.07) is 9.55. The molecule has 24 heavy (non-hydrogen) atoms. The number of tetrazole rings is 1. The zero-order valence-corrected chi connectivity index (χ0v) is 13.1. The molecule has 1 aromatic carbocycles. The molecule has 0 saturated heterocycles. The van der Waals surface area contributed by atoms with E-state index in [0.717, 1.165) is 5.56 Å². The van der Waals surface area contributed by atoms with Crippen molar-refractivity contribution in [2.24, 2.45) is 5.92 Å². The molecule has 0 bridgehead atoms. The van der Waals surface area contributed by atoms with E-state index < -0.39 is 23.8 Å². The predicted octanol–water partition coefficient (Wildman–Crippen LogP) is 1.87. The predicted molar refractivity (Wildman–Crippen MR) is 84.3 cm³/mol. The van der Waals surface area contributed by atoms with Gasteiger partial charge in [-0.3, -0.25) is 9.59 Å². The smallest absolute Gasteiger partial charge is 0.307 e. The van der Waals surface area contributed by atoms with Crippen molar-refractivity contribution in [3.8, 4) is 0 Å². The molecule has 8 nitrogen and oxygen atoms in total. The molecule has 0 fully saturated rings. The number of carboxylic acids is 2. The lowest BCUT2D eigenvalue weighted by atomic mass is 9.83. The molecule has 0 aliphatic carbocycles. The first-order valence-corrected chi connectivity index (χ1v) is 7.80. The normalized spacial score (nSPS) is 13.3. The van der Waals surface area contributed by atoms with E-state index in [4.69, 9.17) is 5.11 Å². The number of aromatic amines is 1. The van der Waals surface area contributed by atoms with Crippen LogP contribution in [0, 0.1) is 5.92 Å². The number of aliphatic carboxylic acids is 2. The van der Waals surface area contributed by atoms with Crippen LogP contribution < -0.4 is 0 Å². The molecule has 8 heteroatoms. The maximum Gasteiger partial charge on any atom is 0.307 e. The van der Waals surface area contributed by atoms with Gasteiger partial charge in [-0.2, -0.15) is 0 Å². The minimum absolute atomic E-state index is 0.0412. The second kappa shape index (κ2) is 8.76. The Hall–Kier alpha value is -2.77. The van der Waals surface area contributed by atoms with Crippen molar-refractivity contribution in [1.29, 1.82) is 0 Å². The molecule has 128 valence electrons. The van der Waals surface area contributed by atoms with E-state index in [-0.39, 0.29) is 6.42 Å². The van der Waals surface area contributed by atoms with Crippen LogP contribution in [-0.4, -0.2) is 42.8 Å². The number of nitrogens with one attached hydrogen (secondary N) is 1. The number of nitrogens with zero attached hydrogens (tertiary/aromatic N) is 3. The van der Waals surface area contributed by atoms with E-state index in [0.29, 0.717) is 31.5 Å². The van der Waals surface area contributed by atoms with Crippen molar-refractivity contribution in [1.82, 2.24) is 20.6 Å². The van der Waals surface area contributed by atoms with Gasteiger partial charge in [0.05, 0.1) is 5.92 Å². The van der Waals surface area contributed by atoms with Crippen molar-refractivity contribution in [3.05, 3.63) is 41.7 Å². The van der Waals surface area contributed by atoms with Crippen molar-refractivity contribution >= 4 is 11.9 Å². The lowest BCUT2D eigenvalue weighted by Gasteiger charge is -2.21. The van der Waals surface area contributed by atoms with E-state index in [1.807, 2.05) is 30.3 Å². The average molecular weight is 332 g/mol. The second-order valence-corrected chi connectivity index (χ2v) is 5.67. The fraction of sp³-hybridized carbons (Fsp3) is 0.438. The Morgan fingerprint density at radius 3 is 2.46 bits per heavy atom. The van der Waals surface area contributed by atoms with Crippen molar-refractivity contribution in [3.63, 3.8) is 0 Å². The third-order valence-corrected chi connectivity index (χ3v) is 3.97. The number of hydrogen-bond donors (Lipinski definition) is 3. The van der Waals surface area contributed by atoms with Crippen LogP contribution >= 0.6 is 0 Å². The molecule has 0 spiro atoms. The fourth-order valence-electron chi connectivity index (χ4n) is 2.76. The number of aromatic nitrogens is 4. The van der Waals surface area contributed by atoms with Gasteiger partial charge < -0.3 is 10.2 Å². The Morgan fingerprint density at radius 1 is 1.12 bits per heavy atom.